The highest BCUT2D eigenvalue weighted by atomic mass is 16.5. The van der Waals surface area contributed by atoms with Gasteiger partial charge in [-0.3, -0.25) is 10.1 Å². The van der Waals surface area contributed by atoms with Crippen LogP contribution in [0.25, 0.3) is 0 Å². The minimum absolute atomic E-state index is 0.160. The Balaban J connectivity index is 1.81. The van der Waals surface area contributed by atoms with Crippen LogP contribution in [0.2, 0.25) is 0 Å². The third-order valence-corrected chi connectivity index (χ3v) is 4.67. The fourth-order valence-corrected chi connectivity index (χ4v) is 3.23. The lowest BCUT2D eigenvalue weighted by atomic mass is 9.90. The first kappa shape index (κ1) is 19.6. The summed E-state index contributed by atoms with van der Waals surface area (Å²) in [6.45, 7) is 4.45. The van der Waals surface area contributed by atoms with Crippen molar-refractivity contribution in [3.8, 4) is 11.8 Å². The van der Waals surface area contributed by atoms with E-state index in [1.54, 1.807) is 42.4 Å². The number of anilines is 1. The molecule has 1 saturated heterocycles. The summed E-state index contributed by atoms with van der Waals surface area (Å²) in [5.74, 6) is 0.540. The van der Waals surface area contributed by atoms with E-state index < -0.39 is 18.2 Å². The molecule has 1 fully saturated rings. The topological polar surface area (TPSA) is 74.6 Å². The number of carbonyl (C=O) groups is 1. The monoisotopic (exact) mass is 377 g/mol. The van der Waals surface area contributed by atoms with Gasteiger partial charge in [0.2, 0.25) is 0 Å². The van der Waals surface area contributed by atoms with E-state index in [-0.39, 0.29) is 5.91 Å². The molecule has 0 unspecified atom stereocenters. The van der Waals surface area contributed by atoms with Crippen LogP contribution in [0.1, 0.15) is 5.56 Å². The second-order valence-electron chi connectivity index (χ2n) is 6.42. The number of rotatable bonds is 9. The van der Waals surface area contributed by atoms with E-state index >= 15 is 0 Å². The lowest BCUT2D eigenvalue weighted by Gasteiger charge is -2.48. The van der Waals surface area contributed by atoms with Crippen molar-refractivity contribution < 1.29 is 14.3 Å². The van der Waals surface area contributed by atoms with Crippen molar-refractivity contribution in [2.75, 3.05) is 18.6 Å². The summed E-state index contributed by atoms with van der Waals surface area (Å²) in [7, 11) is 1.59. The van der Waals surface area contributed by atoms with E-state index in [9.17, 15) is 10.1 Å². The molecule has 28 heavy (non-hydrogen) atoms. The van der Waals surface area contributed by atoms with Gasteiger partial charge in [-0.1, -0.05) is 36.4 Å². The summed E-state index contributed by atoms with van der Waals surface area (Å²) >= 11 is 0. The number of hydrogen-bond acceptors (Lipinski definition) is 5. The van der Waals surface area contributed by atoms with Gasteiger partial charge < -0.3 is 14.4 Å². The highest BCUT2D eigenvalue weighted by molar-refractivity contribution is 6.05. The Labute approximate surface area is 165 Å². The highest BCUT2D eigenvalue weighted by Crippen LogP contribution is 2.33. The molecule has 6 heteroatoms. The van der Waals surface area contributed by atoms with Crippen molar-refractivity contribution in [2.45, 2.75) is 24.8 Å². The lowest BCUT2D eigenvalue weighted by Crippen LogP contribution is -2.72. The molecule has 1 aliphatic rings. The van der Waals surface area contributed by atoms with E-state index in [2.05, 4.69) is 18.0 Å². The van der Waals surface area contributed by atoms with E-state index in [1.165, 1.54) is 0 Å². The van der Waals surface area contributed by atoms with Crippen LogP contribution >= 0.6 is 0 Å². The fourth-order valence-electron chi connectivity index (χ4n) is 3.23. The van der Waals surface area contributed by atoms with Crippen molar-refractivity contribution in [3.63, 3.8) is 0 Å². The van der Waals surface area contributed by atoms with Crippen LogP contribution in [0, 0.1) is 11.3 Å². The number of β-lactam (4-membered cyclic amide) rings is 1. The molecule has 1 aliphatic heterocycles. The van der Waals surface area contributed by atoms with Crippen LogP contribution in [0.4, 0.5) is 5.69 Å². The van der Waals surface area contributed by atoms with Crippen LogP contribution in [0.3, 0.4) is 0 Å². The van der Waals surface area contributed by atoms with Crippen molar-refractivity contribution in [1.29, 1.82) is 5.26 Å². The Morgan fingerprint density at radius 1 is 1.25 bits per heavy atom. The second-order valence-corrected chi connectivity index (χ2v) is 6.42. The molecule has 0 radical (unpaired) electrons. The molecule has 0 bridgehead atoms. The van der Waals surface area contributed by atoms with Gasteiger partial charge in [0.25, 0.3) is 5.91 Å². The minimum Gasteiger partial charge on any atom is -0.497 e. The molecule has 0 spiro atoms. The highest BCUT2D eigenvalue weighted by Gasteiger charge is 2.53. The molecule has 144 valence electrons. The molecule has 0 aliphatic carbocycles. The number of nitrogens with one attached hydrogen (secondary N) is 1. The number of benzene rings is 2. The third kappa shape index (κ3) is 4.06. The number of nitrogens with zero attached hydrogens (tertiary/aromatic N) is 2. The van der Waals surface area contributed by atoms with Gasteiger partial charge in [0.15, 0.2) is 6.10 Å². The van der Waals surface area contributed by atoms with E-state index in [1.807, 2.05) is 30.3 Å². The van der Waals surface area contributed by atoms with E-state index in [4.69, 9.17) is 9.47 Å². The quantitative estimate of drug-likeness (QED) is 0.537. The predicted molar refractivity (Wildman–Crippen MR) is 107 cm³/mol. The van der Waals surface area contributed by atoms with Gasteiger partial charge in [0, 0.05) is 12.2 Å². The molecular weight excluding hydrogens is 354 g/mol. The Morgan fingerprint density at radius 3 is 2.57 bits per heavy atom. The maximum atomic E-state index is 12.9. The van der Waals surface area contributed by atoms with Crippen LogP contribution in [0.15, 0.2) is 67.3 Å². The van der Waals surface area contributed by atoms with Gasteiger partial charge in [0.1, 0.15) is 17.8 Å². The van der Waals surface area contributed by atoms with Gasteiger partial charge in [0.05, 0.1) is 19.8 Å². The van der Waals surface area contributed by atoms with Crippen LogP contribution < -0.4 is 15.0 Å². The summed E-state index contributed by atoms with van der Waals surface area (Å²) in [5.41, 5.74) is 1.68. The van der Waals surface area contributed by atoms with Crippen molar-refractivity contribution >= 4 is 11.6 Å². The second kappa shape index (κ2) is 9.18. The normalized spacial score (nSPS) is 19.4. The number of methoxy groups -OCH3 is 1. The van der Waals surface area contributed by atoms with Crippen molar-refractivity contribution in [1.82, 2.24) is 5.32 Å². The minimum atomic E-state index is -0.690. The maximum Gasteiger partial charge on any atom is 0.258 e. The van der Waals surface area contributed by atoms with Crippen LogP contribution in [-0.2, 0) is 16.1 Å². The zero-order valence-electron chi connectivity index (χ0n) is 15.7. The van der Waals surface area contributed by atoms with Crippen LogP contribution in [0.5, 0.6) is 5.75 Å². The number of amides is 1. The standard InChI is InChI=1S/C22H23N3O3/c1-3-13-24-19(14-23)20-21(28-15-16-7-5-4-6-8-16)22(26)25(20)17-9-11-18(27-2)12-10-17/h3-12,19-21,24H,1,13,15H2,2H3/t19-,20+,21-/m1/s1. The summed E-state index contributed by atoms with van der Waals surface area (Å²) < 4.78 is 11.1. The molecule has 6 nitrogen and oxygen atoms in total. The largest absolute Gasteiger partial charge is 0.497 e. The first-order valence-electron chi connectivity index (χ1n) is 9.06. The fraction of sp³-hybridized carbons (Fsp3) is 0.273. The summed E-state index contributed by atoms with van der Waals surface area (Å²) in [4.78, 5) is 14.5. The molecule has 1 heterocycles. The lowest BCUT2D eigenvalue weighted by molar-refractivity contribution is -0.144. The maximum absolute atomic E-state index is 12.9. The third-order valence-electron chi connectivity index (χ3n) is 4.67. The summed E-state index contributed by atoms with van der Waals surface area (Å²) in [5, 5.41) is 12.8. The number of hydrogen-bond donors (Lipinski definition) is 1. The zero-order valence-corrected chi connectivity index (χ0v) is 15.7. The van der Waals surface area contributed by atoms with E-state index in [0.29, 0.717) is 24.6 Å². The predicted octanol–water partition coefficient (Wildman–Crippen LogP) is 2.66. The van der Waals surface area contributed by atoms with Gasteiger partial charge in [-0.2, -0.15) is 5.26 Å². The molecule has 2 aromatic carbocycles. The van der Waals surface area contributed by atoms with Crippen molar-refractivity contribution in [2.24, 2.45) is 0 Å². The molecule has 1 amide bonds. The Bertz CT molecular complexity index is 846. The summed E-state index contributed by atoms with van der Waals surface area (Å²) in [6, 6.07) is 18.1. The molecule has 3 rings (SSSR count). The molecule has 2 aromatic rings. The number of nitriles is 1. The van der Waals surface area contributed by atoms with Gasteiger partial charge in [-0.05, 0) is 29.8 Å². The smallest absolute Gasteiger partial charge is 0.258 e. The first-order chi connectivity index (χ1) is 13.7. The van der Waals surface area contributed by atoms with Gasteiger partial charge in [-0.15, -0.1) is 6.58 Å². The number of carbonyl (C=O) groups excluding carboxylic acids is 1. The Morgan fingerprint density at radius 2 is 1.96 bits per heavy atom. The molecular formula is C22H23N3O3. The van der Waals surface area contributed by atoms with Gasteiger partial charge >= 0.3 is 0 Å². The van der Waals surface area contributed by atoms with Gasteiger partial charge in [-0.25, -0.2) is 0 Å². The Hall–Kier alpha value is -3.14. The summed E-state index contributed by atoms with van der Waals surface area (Å²) in [6.07, 6.45) is 0.992. The molecule has 0 aromatic heterocycles. The van der Waals surface area contributed by atoms with Crippen molar-refractivity contribution in [3.05, 3.63) is 72.8 Å². The SMILES string of the molecule is C=CCN[C@H](C#N)[C@H]1[C@@H](OCc2ccccc2)C(=O)N1c1ccc(OC)cc1. The zero-order chi connectivity index (χ0) is 19.9. The average Bonchev–Trinajstić information content (AvgIpc) is 2.74. The Kier molecular flexibility index (Phi) is 6.43. The molecule has 3 atom stereocenters. The number of ether oxygens (including phenoxy) is 2. The van der Waals surface area contributed by atoms with Crippen LogP contribution in [-0.4, -0.2) is 37.7 Å². The molecule has 1 N–H and O–H groups in total. The first-order valence-corrected chi connectivity index (χ1v) is 9.06. The molecule has 0 saturated carbocycles. The average molecular weight is 377 g/mol. The van der Waals surface area contributed by atoms with E-state index in [0.717, 1.165) is 5.56 Å².